The van der Waals surface area contributed by atoms with Crippen LogP contribution in [0.4, 0.5) is 0 Å². The van der Waals surface area contributed by atoms with Gasteiger partial charge in [-0.25, -0.2) is 0 Å². The van der Waals surface area contributed by atoms with E-state index in [1.807, 2.05) is 26.8 Å². The fourth-order valence-corrected chi connectivity index (χ4v) is 3.71. The van der Waals surface area contributed by atoms with Gasteiger partial charge < -0.3 is 14.6 Å². The van der Waals surface area contributed by atoms with Gasteiger partial charge in [-0.05, 0) is 67.0 Å². The Morgan fingerprint density at radius 3 is 2.52 bits per heavy atom. The maximum Gasteiger partial charge on any atom is 0.169 e. The van der Waals surface area contributed by atoms with Crippen LogP contribution in [0.25, 0.3) is 0 Å². The molecule has 0 saturated carbocycles. The predicted molar refractivity (Wildman–Crippen MR) is 97.4 cm³/mol. The largest absolute Gasteiger partial charge is 0.508 e. The van der Waals surface area contributed by atoms with Crippen LogP contribution in [-0.4, -0.2) is 18.5 Å². The van der Waals surface area contributed by atoms with Gasteiger partial charge in [0.25, 0.3) is 0 Å². The van der Waals surface area contributed by atoms with E-state index in [-0.39, 0.29) is 11.7 Å². The Labute approximate surface area is 148 Å². The van der Waals surface area contributed by atoms with Gasteiger partial charge in [0.2, 0.25) is 0 Å². The third kappa shape index (κ3) is 2.97. The molecule has 2 aromatic carbocycles. The van der Waals surface area contributed by atoms with Crippen molar-refractivity contribution in [3.8, 4) is 23.0 Å². The lowest BCUT2D eigenvalue weighted by Gasteiger charge is -2.20. The van der Waals surface area contributed by atoms with Crippen molar-refractivity contribution in [2.75, 3.05) is 7.11 Å². The molecule has 0 atom stereocenters. The SMILES string of the molecule is COc1c(Oc2c(C)cc(C=O)c3c2CCC3)ccc(O)c1C(C)C. The fourth-order valence-electron chi connectivity index (χ4n) is 3.71. The molecule has 0 radical (unpaired) electrons. The highest BCUT2D eigenvalue weighted by Gasteiger charge is 2.24. The highest BCUT2D eigenvalue weighted by atomic mass is 16.5. The van der Waals surface area contributed by atoms with Gasteiger partial charge in [0.1, 0.15) is 17.8 Å². The third-order valence-electron chi connectivity index (χ3n) is 4.83. The van der Waals surface area contributed by atoms with Crippen molar-refractivity contribution >= 4 is 6.29 Å². The Bertz CT molecular complexity index is 821. The van der Waals surface area contributed by atoms with Crippen molar-refractivity contribution in [1.29, 1.82) is 0 Å². The summed E-state index contributed by atoms with van der Waals surface area (Å²) in [6, 6.07) is 5.26. The number of benzene rings is 2. The first kappa shape index (κ1) is 17.3. The summed E-state index contributed by atoms with van der Waals surface area (Å²) in [4.78, 5) is 11.4. The molecule has 1 N–H and O–H groups in total. The van der Waals surface area contributed by atoms with E-state index in [0.717, 1.165) is 59.1 Å². The average Bonchev–Trinajstić information content (AvgIpc) is 3.07. The first-order valence-corrected chi connectivity index (χ1v) is 8.66. The smallest absolute Gasteiger partial charge is 0.169 e. The van der Waals surface area contributed by atoms with Crippen molar-refractivity contribution in [3.05, 3.63) is 46.0 Å². The molecule has 0 heterocycles. The van der Waals surface area contributed by atoms with Crippen molar-refractivity contribution in [1.82, 2.24) is 0 Å². The van der Waals surface area contributed by atoms with E-state index >= 15 is 0 Å². The standard InChI is InChI=1S/C21H24O4/c1-12(2)19-17(23)8-9-18(21(19)24-4)25-20-13(3)10-14(11-22)15-6-5-7-16(15)20/h8-12,23H,5-7H2,1-4H3. The molecule has 3 rings (SSSR count). The van der Waals surface area contributed by atoms with E-state index in [0.29, 0.717) is 11.5 Å². The quantitative estimate of drug-likeness (QED) is 0.784. The zero-order valence-electron chi connectivity index (χ0n) is 15.2. The number of aromatic hydroxyl groups is 1. The monoisotopic (exact) mass is 340 g/mol. The molecule has 1 aliphatic rings. The molecule has 25 heavy (non-hydrogen) atoms. The molecule has 0 fully saturated rings. The molecule has 0 bridgehead atoms. The van der Waals surface area contributed by atoms with E-state index in [1.165, 1.54) is 0 Å². The lowest BCUT2D eigenvalue weighted by molar-refractivity contribution is 0.112. The number of carbonyl (C=O) groups is 1. The Kier molecular flexibility index (Phi) is 4.71. The molecular formula is C21H24O4. The van der Waals surface area contributed by atoms with Crippen LogP contribution in [0.5, 0.6) is 23.0 Å². The third-order valence-corrected chi connectivity index (χ3v) is 4.83. The Morgan fingerprint density at radius 2 is 1.88 bits per heavy atom. The molecule has 0 amide bonds. The number of hydrogen-bond donors (Lipinski definition) is 1. The normalized spacial score (nSPS) is 13.0. The number of rotatable bonds is 5. The summed E-state index contributed by atoms with van der Waals surface area (Å²) in [6.07, 6.45) is 3.77. The number of phenolic OH excluding ortho intramolecular Hbond substituents is 1. The zero-order valence-corrected chi connectivity index (χ0v) is 15.2. The number of hydrogen-bond acceptors (Lipinski definition) is 4. The van der Waals surface area contributed by atoms with E-state index in [4.69, 9.17) is 9.47 Å². The molecule has 1 aliphatic carbocycles. The number of aldehydes is 1. The Balaban J connectivity index is 2.12. The fraction of sp³-hybridized carbons (Fsp3) is 0.381. The maximum atomic E-state index is 11.4. The van der Waals surface area contributed by atoms with Gasteiger partial charge in [-0.15, -0.1) is 0 Å². The molecule has 4 heteroatoms. The summed E-state index contributed by atoms with van der Waals surface area (Å²) in [6.45, 7) is 5.96. The maximum absolute atomic E-state index is 11.4. The first-order chi connectivity index (χ1) is 12.0. The molecule has 4 nitrogen and oxygen atoms in total. The van der Waals surface area contributed by atoms with Gasteiger partial charge in [0.05, 0.1) is 7.11 Å². The number of ether oxygens (including phenoxy) is 2. The van der Waals surface area contributed by atoms with Gasteiger partial charge in [0, 0.05) is 11.1 Å². The number of carbonyl (C=O) groups excluding carboxylic acids is 1. The number of aryl methyl sites for hydroxylation is 1. The second-order valence-electron chi connectivity index (χ2n) is 6.83. The van der Waals surface area contributed by atoms with Crippen LogP contribution in [0, 0.1) is 6.92 Å². The minimum atomic E-state index is 0.0998. The van der Waals surface area contributed by atoms with E-state index in [9.17, 15) is 9.90 Å². The van der Waals surface area contributed by atoms with E-state index in [2.05, 4.69) is 0 Å². The molecule has 132 valence electrons. The summed E-state index contributed by atoms with van der Waals surface area (Å²) in [5.74, 6) is 2.25. The predicted octanol–water partition coefficient (Wildman–Crippen LogP) is 4.93. The van der Waals surface area contributed by atoms with Crippen molar-refractivity contribution in [3.63, 3.8) is 0 Å². The van der Waals surface area contributed by atoms with Crippen LogP contribution >= 0.6 is 0 Å². The average molecular weight is 340 g/mol. The Morgan fingerprint density at radius 1 is 1.16 bits per heavy atom. The van der Waals surface area contributed by atoms with Gasteiger partial charge >= 0.3 is 0 Å². The number of phenols is 1. The van der Waals surface area contributed by atoms with Crippen molar-refractivity contribution in [2.24, 2.45) is 0 Å². The van der Waals surface area contributed by atoms with Crippen LogP contribution < -0.4 is 9.47 Å². The zero-order chi connectivity index (χ0) is 18.1. The molecule has 0 aliphatic heterocycles. The molecule has 0 unspecified atom stereocenters. The summed E-state index contributed by atoms with van der Waals surface area (Å²) in [5, 5.41) is 10.2. The molecule has 0 saturated heterocycles. The van der Waals surface area contributed by atoms with Gasteiger partial charge in [-0.3, -0.25) is 4.79 Å². The molecule has 0 spiro atoms. The van der Waals surface area contributed by atoms with Crippen LogP contribution in [-0.2, 0) is 12.8 Å². The van der Waals surface area contributed by atoms with Gasteiger partial charge in [-0.2, -0.15) is 0 Å². The van der Waals surface area contributed by atoms with Crippen LogP contribution in [0.1, 0.15) is 58.8 Å². The summed E-state index contributed by atoms with van der Waals surface area (Å²) >= 11 is 0. The summed E-state index contributed by atoms with van der Waals surface area (Å²) in [7, 11) is 1.58. The first-order valence-electron chi connectivity index (χ1n) is 8.66. The van der Waals surface area contributed by atoms with E-state index in [1.54, 1.807) is 19.2 Å². The number of methoxy groups -OCH3 is 1. The van der Waals surface area contributed by atoms with Gasteiger partial charge in [-0.1, -0.05) is 13.8 Å². The minimum Gasteiger partial charge on any atom is -0.508 e. The number of fused-ring (bicyclic) bond motifs is 1. The second-order valence-corrected chi connectivity index (χ2v) is 6.83. The van der Waals surface area contributed by atoms with Crippen molar-refractivity contribution < 1.29 is 19.4 Å². The van der Waals surface area contributed by atoms with E-state index < -0.39 is 0 Å². The lowest BCUT2D eigenvalue weighted by atomic mass is 9.98. The highest BCUT2D eigenvalue weighted by molar-refractivity contribution is 5.80. The summed E-state index contributed by atoms with van der Waals surface area (Å²) < 4.78 is 11.8. The topological polar surface area (TPSA) is 55.8 Å². The highest BCUT2D eigenvalue weighted by Crippen LogP contribution is 2.45. The second kappa shape index (κ2) is 6.79. The molecule has 0 aromatic heterocycles. The summed E-state index contributed by atoms with van der Waals surface area (Å²) in [5.41, 5.74) is 4.64. The molecular weight excluding hydrogens is 316 g/mol. The van der Waals surface area contributed by atoms with Crippen LogP contribution in [0.15, 0.2) is 18.2 Å². The Hall–Kier alpha value is -2.49. The minimum absolute atomic E-state index is 0.0998. The molecule has 2 aromatic rings. The van der Waals surface area contributed by atoms with Crippen molar-refractivity contribution in [2.45, 2.75) is 46.0 Å². The van der Waals surface area contributed by atoms with Gasteiger partial charge in [0.15, 0.2) is 11.5 Å². The van der Waals surface area contributed by atoms with Crippen LogP contribution in [0.3, 0.4) is 0 Å². The lowest BCUT2D eigenvalue weighted by Crippen LogP contribution is -2.02. The van der Waals surface area contributed by atoms with Crippen LogP contribution in [0.2, 0.25) is 0 Å².